The van der Waals surface area contributed by atoms with Gasteiger partial charge in [-0.2, -0.15) is 15.0 Å². The van der Waals surface area contributed by atoms with E-state index in [4.69, 9.17) is 15.0 Å². The van der Waals surface area contributed by atoms with Gasteiger partial charge in [0.2, 0.25) is 11.9 Å². The van der Waals surface area contributed by atoms with Gasteiger partial charge in [-0.05, 0) is 139 Å². The Labute approximate surface area is 303 Å². The number of rotatable bonds is 16. The van der Waals surface area contributed by atoms with Gasteiger partial charge in [0.05, 0.1) is 0 Å². The zero-order valence-electron chi connectivity index (χ0n) is 35.1. The molecule has 8 heteroatoms. The second-order valence-electron chi connectivity index (χ2n) is 20.8. The Kier molecular flexibility index (Phi) is 13.4. The van der Waals surface area contributed by atoms with Gasteiger partial charge in [0.15, 0.2) is 0 Å². The average molecular weight is 685 g/mol. The first-order chi connectivity index (χ1) is 22.3. The number of nitrogens with one attached hydrogen (secondary N) is 4. The van der Waals surface area contributed by atoms with Crippen molar-refractivity contribution in [1.29, 1.82) is 0 Å². The van der Waals surface area contributed by atoms with Gasteiger partial charge in [-0.15, -0.1) is 0 Å². The highest BCUT2D eigenvalue weighted by molar-refractivity contribution is 5.41. The Morgan fingerprint density at radius 1 is 0.694 bits per heavy atom. The molecule has 8 nitrogen and oxygen atoms in total. The number of hydrogen-bond donors (Lipinski definition) is 4. The van der Waals surface area contributed by atoms with Crippen molar-refractivity contribution in [3.63, 3.8) is 0 Å². The van der Waals surface area contributed by atoms with E-state index in [1.54, 1.807) is 0 Å². The number of nitrogens with zero attached hydrogens (tertiary/aromatic N) is 4. The smallest absolute Gasteiger partial charge is 0.230 e. The summed E-state index contributed by atoms with van der Waals surface area (Å²) in [6, 6.07) is 0.930. The van der Waals surface area contributed by atoms with Gasteiger partial charge in [-0.25, -0.2) is 0 Å². The van der Waals surface area contributed by atoms with Crippen LogP contribution >= 0.6 is 0 Å². The minimum absolute atomic E-state index is 0.0289. The normalized spacial score (nSPS) is 21.5. The third-order valence-electron chi connectivity index (χ3n) is 11.0. The van der Waals surface area contributed by atoms with Crippen LogP contribution in [0.25, 0.3) is 0 Å². The van der Waals surface area contributed by atoms with Crippen molar-refractivity contribution >= 4 is 11.9 Å². The third kappa shape index (κ3) is 13.2. The quantitative estimate of drug-likeness (QED) is 0.128. The molecule has 2 fully saturated rings. The van der Waals surface area contributed by atoms with Crippen molar-refractivity contribution in [3.05, 3.63) is 5.82 Å². The highest BCUT2D eigenvalue weighted by atomic mass is 15.3. The maximum atomic E-state index is 5.35. The van der Waals surface area contributed by atoms with Gasteiger partial charge in [0, 0.05) is 51.7 Å². The zero-order valence-corrected chi connectivity index (χ0v) is 35.1. The minimum Gasteiger partial charge on any atom is -0.349 e. The summed E-state index contributed by atoms with van der Waals surface area (Å²) in [4.78, 5) is 18.3. The minimum atomic E-state index is -0.153. The summed E-state index contributed by atoms with van der Waals surface area (Å²) < 4.78 is 0. The van der Waals surface area contributed by atoms with Crippen molar-refractivity contribution in [2.24, 2.45) is 5.41 Å². The SMILES string of the molecule is CCC(C)(CC)c1nc(NC(C)(C)CC(C)(C)C)nc(N(CCCCCCNC2CC(C)(C)NC(C)(C)C2)C2CC(C)(C)NC(C)(C)C2)n1. The third-order valence-corrected chi connectivity index (χ3v) is 11.0. The zero-order chi connectivity index (χ0) is 37.1. The van der Waals surface area contributed by atoms with Gasteiger partial charge in [0.25, 0.3) is 0 Å². The first kappa shape index (κ1) is 41.9. The van der Waals surface area contributed by atoms with E-state index in [-0.39, 0.29) is 38.5 Å². The Hall–Kier alpha value is -1.51. The highest BCUT2D eigenvalue weighted by Gasteiger charge is 2.42. The Bertz CT molecular complexity index is 1160. The van der Waals surface area contributed by atoms with Gasteiger partial charge in [-0.3, -0.25) is 0 Å². The van der Waals surface area contributed by atoms with E-state index in [0.717, 1.165) is 69.3 Å². The van der Waals surface area contributed by atoms with Gasteiger partial charge in [0.1, 0.15) is 5.82 Å². The van der Waals surface area contributed by atoms with E-state index < -0.39 is 0 Å². The van der Waals surface area contributed by atoms with Crippen LogP contribution in [-0.2, 0) is 5.41 Å². The van der Waals surface area contributed by atoms with Crippen LogP contribution in [0.1, 0.15) is 187 Å². The molecule has 0 unspecified atom stereocenters. The molecule has 2 saturated heterocycles. The lowest BCUT2D eigenvalue weighted by atomic mass is 9.79. The molecule has 2 aliphatic rings. The molecular weight excluding hydrogens is 605 g/mol. The Morgan fingerprint density at radius 2 is 1.20 bits per heavy atom. The fourth-order valence-corrected chi connectivity index (χ4v) is 9.53. The molecule has 0 spiro atoms. The topological polar surface area (TPSA) is 90.0 Å². The predicted octanol–water partition coefficient (Wildman–Crippen LogP) is 9.15. The van der Waals surface area contributed by atoms with Crippen molar-refractivity contribution in [2.75, 3.05) is 23.3 Å². The van der Waals surface area contributed by atoms with E-state index in [0.29, 0.717) is 12.1 Å². The van der Waals surface area contributed by atoms with Crippen LogP contribution in [0.4, 0.5) is 11.9 Å². The molecule has 0 atom stereocenters. The molecule has 49 heavy (non-hydrogen) atoms. The lowest BCUT2D eigenvalue weighted by Crippen LogP contribution is -2.62. The molecule has 0 saturated carbocycles. The van der Waals surface area contributed by atoms with E-state index in [1.165, 1.54) is 32.1 Å². The molecule has 3 heterocycles. The van der Waals surface area contributed by atoms with Crippen LogP contribution in [0, 0.1) is 5.41 Å². The second kappa shape index (κ2) is 15.6. The van der Waals surface area contributed by atoms with Crippen molar-refractivity contribution in [1.82, 2.24) is 30.9 Å². The maximum Gasteiger partial charge on any atom is 0.230 e. The van der Waals surface area contributed by atoms with Crippen molar-refractivity contribution in [3.8, 4) is 0 Å². The summed E-state index contributed by atoms with van der Waals surface area (Å²) in [5, 5.41) is 15.4. The van der Waals surface area contributed by atoms with E-state index in [1.807, 2.05) is 0 Å². The largest absolute Gasteiger partial charge is 0.349 e. The molecular formula is C41H80N8. The Morgan fingerprint density at radius 3 is 1.71 bits per heavy atom. The number of anilines is 2. The van der Waals surface area contributed by atoms with Crippen LogP contribution in [0.3, 0.4) is 0 Å². The summed E-state index contributed by atoms with van der Waals surface area (Å²) in [7, 11) is 0. The van der Waals surface area contributed by atoms with Gasteiger partial charge >= 0.3 is 0 Å². The lowest BCUT2D eigenvalue weighted by Gasteiger charge is -2.49. The second-order valence-corrected chi connectivity index (χ2v) is 20.8. The summed E-state index contributed by atoms with van der Waals surface area (Å²) in [5.74, 6) is 2.49. The first-order valence-corrected chi connectivity index (χ1v) is 19.9. The molecule has 1 aromatic rings. The highest BCUT2D eigenvalue weighted by Crippen LogP contribution is 2.36. The van der Waals surface area contributed by atoms with Crippen LogP contribution in [0.5, 0.6) is 0 Å². The standard InChI is InChI=1S/C41H80N8/c1-17-41(16,18-2)32-43-33(46-40(14,15)29-35(3,4)5)45-34(44-32)49(31-27-38(10,11)48-39(12,13)28-31)24-22-20-19-21-23-42-30-25-36(6,7)47-37(8,9)26-30/h30-31,42,47-48H,17-29H2,1-16H3,(H,43,44,45,46). The molecule has 2 aliphatic heterocycles. The molecule has 3 rings (SSSR count). The molecule has 0 aliphatic carbocycles. The number of aromatic nitrogens is 3. The Balaban J connectivity index is 1.83. The molecule has 284 valence electrons. The maximum absolute atomic E-state index is 5.35. The van der Waals surface area contributed by atoms with Crippen LogP contribution < -0.4 is 26.2 Å². The number of unbranched alkanes of at least 4 members (excludes halogenated alkanes) is 3. The van der Waals surface area contributed by atoms with E-state index in [2.05, 4.69) is 137 Å². The first-order valence-electron chi connectivity index (χ1n) is 19.9. The van der Waals surface area contributed by atoms with Gasteiger partial charge in [-0.1, -0.05) is 54.4 Å². The lowest BCUT2D eigenvalue weighted by molar-refractivity contribution is 0.146. The van der Waals surface area contributed by atoms with Crippen molar-refractivity contribution < 1.29 is 0 Å². The number of piperidine rings is 2. The molecule has 0 aromatic carbocycles. The van der Waals surface area contributed by atoms with Crippen LogP contribution in [-0.4, -0.2) is 67.8 Å². The van der Waals surface area contributed by atoms with Gasteiger partial charge < -0.3 is 26.2 Å². The van der Waals surface area contributed by atoms with Crippen LogP contribution in [0.2, 0.25) is 0 Å². The van der Waals surface area contributed by atoms with E-state index >= 15 is 0 Å². The predicted molar refractivity (Wildman–Crippen MR) is 212 cm³/mol. The number of hydrogen-bond acceptors (Lipinski definition) is 8. The average Bonchev–Trinajstić information content (AvgIpc) is 2.88. The van der Waals surface area contributed by atoms with Crippen LogP contribution in [0.15, 0.2) is 0 Å². The molecule has 1 aromatic heterocycles. The summed E-state index contributed by atoms with van der Waals surface area (Å²) in [6.45, 7) is 39.1. The molecule has 4 N–H and O–H groups in total. The summed E-state index contributed by atoms with van der Waals surface area (Å²) in [5.41, 5.74) is 0.345. The molecule has 0 radical (unpaired) electrons. The monoisotopic (exact) mass is 685 g/mol. The fraction of sp³-hybridized carbons (Fsp3) is 0.927. The summed E-state index contributed by atoms with van der Waals surface area (Å²) >= 11 is 0. The molecule has 0 amide bonds. The molecule has 0 bridgehead atoms. The van der Waals surface area contributed by atoms with Crippen molar-refractivity contribution in [2.45, 2.75) is 227 Å². The summed E-state index contributed by atoms with van der Waals surface area (Å²) in [6.07, 6.45) is 12.3. The van der Waals surface area contributed by atoms with E-state index in [9.17, 15) is 0 Å². The fourth-order valence-electron chi connectivity index (χ4n) is 9.53.